The van der Waals surface area contributed by atoms with Crippen molar-refractivity contribution in [1.29, 1.82) is 0 Å². The fraction of sp³-hybridized carbons (Fsp3) is 0.143. The van der Waals surface area contributed by atoms with Gasteiger partial charge in [0.2, 0.25) is 5.89 Å². The molecule has 0 saturated heterocycles. The number of benzene rings is 4. The summed E-state index contributed by atoms with van der Waals surface area (Å²) in [5.41, 5.74) is 4.24. The third-order valence-electron chi connectivity index (χ3n) is 5.56. The Kier molecular flexibility index (Phi) is 5.53. The maximum atomic E-state index is 12.5. The number of hydrogen-bond acceptors (Lipinski definition) is 4. The van der Waals surface area contributed by atoms with Gasteiger partial charge in [-0.2, -0.15) is 0 Å². The molecule has 33 heavy (non-hydrogen) atoms. The number of rotatable bonds is 6. The third-order valence-corrected chi connectivity index (χ3v) is 5.56. The van der Waals surface area contributed by atoms with E-state index in [0.29, 0.717) is 23.2 Å². The molecule has 1 heterocycles. The van der Waals surface area contributed by atoms with Crippen LogP contribution < -0.4 is 10.1 Å². The Hall–Kier alpha value is -4.12. The van der Waals surface area contributed by atoms with Gasteiger partial charge in [-0.3, -0.25) is 4.79 Å². The molecule has 0 spiro atoms. The van der Waals surface area contributed by atoms with Crippen LogP contribution in [0.25, 0.3) is 33.3 Å². The maximum absolute atomic E-state index is 12.5. The van der Waals surface area contributed by atoms with Crippen molar-refractivity contribution < 1.29 is 13.9 Å². The van der Waals surface area contributed by atoms with Crippen molar-refractivity contribution in [3.05, 3.63) is 90.5 Å². The normalized spacial score (nSPS) is 11.2. The van der Waals surface area contributed by atoms with Crippen LogP contribution in [0.5, 0.6) is 5.75 Å². The largest absolute Gasteiger partial charge is 0.484 e. The van der Waals surface area contributed by atoms with Gasteiger partial charge in [0.1, 0.15) is 11.3 Å². The summed E-state index contributed by atoms with van der Waals surface area (Å²) in [5, 5.41) is 5.09. The molecule has 0 fully saturated rings. The molecule has 0 bridgehead atoms. The number of fused-ring (bicyclic) bond motifs is 2. The first kappa shape index (κ1) is 20.8. The first-order valence-electron chi connectivity index (χ1n) is 11.0. The van der Waals surface area contributed by atoms with E-state index in [9.17, 15) is 4.79 Å². The number of hydrogen-bond donors (Lipinski definition) is 1. The Morgan fingerprint density at radius 3 is 2.64 bits per heavy atom. The molecule has 5 rings (SSSR count). The number of carbonyl (C=O) groups is 1. The minimum Gasteiger partial charge on any atom is -0.484 e. The van der Waals surface area contributed by atoms with Gasteiger partial charge in [0.15, 0.2) is 12.2 Å². The molecule has 0 saturated carbocycles. The predicted molar refractivity (Wildman–Crippen MR) is 132 cm³/mol. The number of nitrogens with zero attached hydrogens (tertiary/aromatic N) is 1. The molecule has 5 nitrogen and oxygen atoms in total. The number of ether oxygens (including phenoxy) is 1. The van der Waals surface area contributed by atoms with Gasteiger partial charge in [-0.05, 0) is 64.7 Å². The average molecular weight is 437 g/mol. The number of amides is 1. The first-order chi connectivity index (χ1) is 16.0. The highest BCUT2D eigenvalue weighted by molar-refractivity contribution is 5.92. The first-order valence-corrected chi connectivity index (χ1v) is 11.0. The molecular weight excluding hydrogens is 412 g/mol. The summed E-state index contributed by atoms with van der Waals surface area (Å²) in [7, 11) is 0. The molecule has 1 amide bonds. The fourth-order valence-corrected chi connectivity index (χ4v) is 3.76. The van der Waals surface area contributed by atoms with Crippen molar-refractivity contribution in [3.63, 3.8) is 0 Å². The van der Waals surface area contributed by atoms with Gasteiger partial charge in [0, 0.05) is 11.3 Å². The molecule has 1 aromatic heterocycles. The zero-order valence-electron chi connectivity index (χ0n) is 18.5. The molecule has 5 heteroatoms. The Labute approximate surface area is 192 Å². The van der Waals surface area contributed by atoms with Crippen LogP contribution in [-0.2, 0) is 4.79 Å². The van der Waals surface area contributed by atoms with Crippen LogP contribution in [0.1, 0.15) is 25.3 Å². The van der Waals surface area contributed by atoms with Gasteiger partial charge in [-0.15, -0.1) is 0 Å². The molecule has 1 N–H and O–H groups in total. The van der Waals surface area contributed by atoms with E-state index in [-0.39, 0.29) is 12.5 Å². The second-order valence-corrected chi connectivity index (χ2v) is 8.33. The molecule has 4 aromatic carbocycles. The molecule has 0 aliphatic rings. The lowest BCUT2D eigenvalue weighted by Gasteiger charge is -2.09. The Bertz CT molecular complexity index is 1450. The van der Waals surface area contributed by atoms with E-state index in [1.54, 1.807) is 0 Å². The molecule has 5 aromatic rings. The lowest BCUT2D eigenvalue weighted by molar-refractivity contribution is -0.118. The van der Waals surface area contributed by atoms with Gasteiger partial charge in [-0.25, -0.2) is 4.98 Å². The van der Waals surface area contributed by atoms with E-state index < -0.39 is 0 Å². The van der Waals surface area contributed by atoms with Crippen LogP contribution in [0.2, 0.25) is 0 Å². The van der Waals surface area contributed by atoms with Gasteiger partial charge in [0.25, 0.3) is 5.91 Å². The van der Waals surface area contributed by atoms with Crippen LogP contribution in [0.15, 0.2) is 89.3 Å². The summed E-state index contributed by atoms with van der Waals surface area (Å²) < 4.78 is 11.6. The summed E-state index contributed by atoms with van der Waals surface area (Å²) in [6, 6.07) is 27.3. The molecule has 0 unspecified atom stereocenters. The summed E-state index contributed by atoms with van der Waals surface area (Å²) in [4.78, 5) is 17.1. The maximum Gasteiger partial charge on any atom is 0.262 e. The standard InChI is InChI=1S/C28H24N2O3/c1-18(2)20-11-13-26-25(16-20)30-28(33-26)22-8-5-9-23(14-22)29-27(31)17-32-24-12-10-19-6-3-4-7-21(19)15-24/h3-16,18H,17H2,1-2H3,(H,29,31). The summed E-state index contributed by atoms with van der Waals surface area (Å²) in [6.07, 6.45) is 0. The lowest BCUT2D eigenvalue weighted by atomic mass is 10.0. The zero-order valence-corrected chi connectivity index (χ0v) is 18.5. The zero-order chi connectivity index (χ0) is 22.8. The molecule has 0 aliphatic heterocycles. The molecule has 0 aliphatic carbocycles. The molecule has 0 atom stereocenters. The molecular formula is C28H24N2O3. The van der Waals surface area contributed by atoms with E-state index >= 15 is 0 Å². The average Bonchev–Trinajstić information content (AvgIpc) is 3.26. The highest BCUT2D eigenvalue weighted by atomic mass is 16.5. The highest BCUT2D eigenvalue weighted by Gasteiger charge is 2.12. The number of carbonyl (C=O) groups excluding carboxylic acids is 1. The van der Waals surface area contributed by atoms with Crippen LogP contribution in [0, 0.1) is 0 Å². The van der Waals surface area contributed by atoms with Crippen molar-refractivity contribution in [2.75, 3.05) is 11.9 Å². The SMILES string of the molecule is CC(C)c1ccc2oc(-c3cccc(NC(=O)COc4ccc5ccccc5c4)c3)nc2c1. The Morgan fingerprint density at radius 2 is 1.79 bits per heavy atom. The number of anilines is 1. The smallest absolute Gasteiger partial charge is 0.262 e. The van der Waals surface area contributed by atoms with Crippen LogP contribution in [0.4, 0.5) is 5.69 Å². The minimum absolute atomic E-state index is 0.0799. The van der Waals surface area contributed by atoms with Crippen molar-refractivity contribution in [1.82, 2.24) is 4.98 Å². The second-order valence-electron chi connectivity index (χ2n) is 8.33. The predicted octanol–water partition coefficient (Wildman–Crippen LogP) is 6.79. The van der Waals surface area contributed by atoms with E-state index in [1.807, 2.05) is 72.8 Å². The summed E-state index contributed by atoms with van der Waals surface area (Å²) in [6.45, 7) is 4.22. The Morgan fingerprint density at radius 1 is 0.939 bits per heavy atom. The van der Waals surface area contributed by atoms with Crippen LogP contribution in [-0.4, -0.2) is 17.5 Å². The summed E-state index contributed by atoms with van der Waals surface area (Å²) in [5.74, 6) is 1.36. The van der Waals surface area contributed by atoms with Gasteiger partial charge < -0.3 is 14.5 Å². The van der Waals surface area contributed by atoms with E-state index in [0.717, 1.165) is 27.4 Å². The van der Waals surface area contributed by atoms with E-state index in [1.165, 1.54) is 5.56 Å². The molecule has 0 radical (unpaired) electrons. The third kappa shape index (κ3) is 4.58. The van der Waals surface area contributed by atoms with Gasteiger partial charge in [-0.1, -0.05) is 56.3 Å². The van der Waals surface area contributed by atoms with Gasteiger partial charge in [0.05, 0.1) is 0 Å². The molecule has 164 valence electrons. The van der Waals surface area contributed by atoms with Crippen molar-refractivity contribution >= 4 is 33.5 Å². The fourth-order valence-electron chi connectivity index (χ4n) is 3.76. The minimum atomic E-state index is -0.237. The number of aromatic nitrogens is 1. The van der Waals surface area contributed by atoms with Crippen LogP contribution >= 0.6 is 0 Å². The quantitative estimate of drug-likeness (QED) is 0.318. The van der Waals surface area contributed by atoms with E-state index in [4.69, 9.17) is 9.15 Å². The lowest BCUT2D eigenvalue weighted by Crippen LogP contribution is -2.20. The van der Waals surface area contributed by atoms with Crippen molar-refractivity contribution in [3.8, 4) is 17.2 Å². The summed E-state index contributed by atoms with van der Waals surface area (Å²) >= 11 is 0. The van der Waals surface area contributed by atoms with Crippen LogP contribution in [0.3, 0.4) is 0 Å². The topological polar surface area (TPSA) is 64.4 Å². The van der Waals surface area contributed by atoms with Crippen molar-refractivity contribution in [2.24, 2.45) is 0 Å². The highest BCUT2D eigenvalue weighted by Crippen LogP contribution is 2.28. The monoisotopic (exact) mass is 436 g/mol. The van der Waals surface area contributed by atoms with Gasteiger partial charge >= 0.3 is 0 Å². The second kappa shape index (κ2) is 8.79. The van der Waals surface area contributed by atoms with E-state index in [2.05, 4.69) is 36.3 Å². The number of oxazole rings is 1. The van der Waals surface area contributed by atoms with Crippen molar-refractivity contribution in [2.45, 2.75) is 19.8 Å². The Balaban J connectivity index is 1.27. The number of nitrogens with one attached hydrogen (secondary N) is 1.